The minimum atomic E-state index is -1.13. The molecular formula is C2H12O3Sn3. The van der Waals surface area contributed by atoms with Crippen LogP contribution in [0.1, 0.15) is 6.92 Å². The van der Waals surface area contributed by atoms with E-state index in [0.717, 1.165) is 6.61 Å². The summed E-state index contributed by atoms with van der Waals surface area (Å²) < 4.78 is 15.4. The van der Waals surface area contributed by atoms with E-state index in [1.807, 2.05) is 6.92 Å². The average molecular weight is 440 g/mol. The Morgan fingerprint density at radius 2 is 2.25 bits per heavy atom. The Kier molecular flexibility index (Phi) is 11.9. The van der Waals surface area contributed by atoms with Crippen molar-refractivity contribution in [3.05, 3.63) is 0 Å². The average Bonchev–Trinajstić information content (AvgIpc) is 1.81. The van der Waals surface area contributed by atoms with E-state index < -0.39 is 43.9 Å². The Morgan fingerprint density at radius 1 is 1.50 bits per heavy atom. The summed E-state index contributed by atoms with van der Waals surface area (Å²) in [5.74, 6) is 0. The molecule has 3 nitrogen and oxygen atoms in total. The topological polar surface area (TPSA) is 27.7 Å². The first-order valence-corrected chi connectivity index (χ1v) is 11.5. The van der Waals surface area contributed by atoms with Crippen LogP contribution in [0.4, 0.5) is 0 Å². The van der Waals surface area contributed by atoms with Crippen LogP contribution in [0, 0.1) is 0 Å². The normalized spacial score (nSPS) is 13.1. The monoisotopic (exact) mass is 444 g/mol. The molecule has 0 aromatic heterocycles. The van der Waals surface area contributed by atoms with Gasteiger partial charge in [0.1, 0.15) is 0 Å². The summed E-state index contributed by atoms with van der Waals surface area (Å²) >= 11 is -1.78. The van der Waals surface area contributed by atoms with E-state index in [1.54, 1.807) is 0 Å². The Balaban J connectivity index is 2.53. The zero-order valence-electron chi connectivity index (χ0n) is 5.35. The van der Waals surface area contributed by atoms with Gasteiger partial charge in [0.15, 0.2) is 0 Å². The van der Waals surface area contributed by atoms with Gasteiger partial charge in [-0.25, -0.2) is 0 Å². The molecule has 0 unspecified atom stereocenters. The number of rotatable bonds is 5. The molecule has 0 fully saturated rings. The second kappa shape index (κ2) is 9.28. The third kappa shape index (κ3) is 8.28. The van der Waals surface area contributed by atoms with Crippen molar-refractivity contribution in [3.8, 4) is 0 Å². The first-order chi connectivity index (χ1) is 3.91. The molecule has 0 aliphatic carbocycles. The maximum absolute atomic E-state index is 5.25. The van der Waals surface area contributed by atoms with Crippen molar-refractivity contribution >= 4 is 66.9 Å². The predicted octanol–water partition coefficient (Wildman–Crippen LogP) is -2.67. The number of hydrogen-bond donors (Lipinski definition) is 0. The van der Waals surface area contributed by atoms with Crippen molar-refractivity contribution in [3.63, 3.8) is 0 Å². The van der Waals surface area contributed by atoms with Gasteiger partial charge in [-0.05, 0) is 0 Å². The molecule has 0 heterocycles. The molecule has 0 saturated carbocycles. The first-order valence-electron chi connectivity index (χ1n) is 2.56. The van der Waals surface area contributed by atoms with Crippen LogP contribution in [-0.2, 0) is 5.90 Å². The molecule has 0 bridgehead atoms. The van der Waals surface area contributed by atoms with Crippen LogP contribution in [0.15, 0.2) is 0 Å². The second-order valence-corrected chi connectivity index (χ2v) is 25.4. The van der Waals surface area contributed by atoms with Crippen LogP contribution >= 0.6 is 0 Å². The van der Waals surface area contributed by atoms with Crippen molar-refractivity contribution in [2.24, 2.45) is 0 Å². The first kappa shape index (κ1) is 10.3. The third-order valence-corrected chi connectivity index (χ3v) is 14.7. The summed E-state index contributed by atoms with van der Waals surface area (Å²) in [4.78, 5) is 0. The van der Waals surface area contributed by atoms with Gasteiger partial charge in [-0.1, -0.05) is 0 Å². The Bertz CT molecular complexity index is 37.5. The van der Waals surface area contributed by atoms with Crippen molar-refractivity contribution in [1.82, 2.24) is 0 Å². The van der Waals surface area contributed by atoms with Gasteiger partial charge in [-0.2, -0.15) is 0 Å². The van der Waals surface area contributed by atoms with Gasteiger partial charge in [0, 0.05) is 0 Å². The van der Waals surface area contributed by atoms with Crippen LogP contribution in [0.3, 0.4) is 0 Å². The van der Waals surface area contributed by atoms with Crippen molar-refractivity contribution in [1.29, 1.82) is 0 Å². The fraction of sp³-hybridized carbons (Fsp3) is 1.00. The van der Waals surface area contributed by atoms with Gasteiger partial charge >= 0.3 is 86.3 Å². The molecule has 0 N–H and O–H groups in total. The van der Waals surface area contributed by atoms with E-state index in [-0.39, 0.29) is 0 Å². The SMILES string of the molecule is CC[O][SnH2][O][SnH2][O][SnH3]. The quantitative estimate of drug-likeness (QED) is 0.345. The molecule has 0 aromatic carbocycles. The summed E-state index contributed by atoms with van der Waals surface area (Å²) in [6.07, 6.45) is 0. The van der Waals surface area contributed by atoms with Crippen LogP contribution in [0.25, 0.3) is 0 Å². The van der Waals surface area contributed by atoms with Crippen molar-refractivity contribution in [2.45, 2.75) is 6.92 Å². The fourth-order valence-corrected chi connectivity index (χ4v) is 29.9. The van der Waals surface area contributed by atoms with E-state index in [9.17, 15) is 0 Å². The van der Waals surface area contributed by atoms with E-state index in [1.165, 1.54) is 0 Å². The van der Waals surface area contributed by atoms with Gasteiger partial charge in [-0.15, -0.1) is 0 Å². The second-order valence-electron chi connectivity index (χ2n) is 1.22. The third-order valence-electron chi connectivity index (χ3n) is 0.572. The molecular weight excluding hydrogens is 428 g/mol. The molecule has 0 aliphatic heterocycles. The zero-order chi connectivity index (χ0) is 6.24. The molecule has 0 rings (SSSR count). The molecule has 0 amide bonds. The maximum atomic E-state index is 5.25. The summed E-state index contributed by atoms with van der Waals surface area (Å²) in [6.45, 7) is 2.83. The van der Waals surface area contributed by atoms with Crippen molar-refractivity contribution < 1.29 is 5.90 Å². The van der Waals surface area contributed by atoms with E-state index >= 15 is 0 Å². The molecule has 0 spiro atoms. The molecule has 0 aromatic rings. The molecule has 0 radical (unpaired) electrons. The van der Waals surface area contributed by atoms with Gasteiger partial charge in [0.2, 0.25) is 0 Å². The van der Waals surface area contributed by atoms with Crippen LogP contribution < -0.4 is 0 Å². The van der Waals surface area contributed by atoms with E-state index in [0.29, 0.717) is 22.9 Å². The van der Waals surface area contributed by atoms with Gasteiger partial charge in [-0.3, -0.25) is 0 Å². The van der Waals surface area contributed by atoms with E-state index in [4.69, 9.17) is 5.90 Å². The molecule has 8 heavy (non-hydrogen) atoms. The van der Waals surface area contributed by atoms with E-state index in [2.05, 4.69) is 0 Å². The van der Waals surface area contributed by atoms with Crippen LogP contribution in [-0.4, -0.2) is 73.5 Å². The fourth-order valence-electron chi connectivity index (χ4n) is 0.260. The number of hydrogen-bond acceptors (Lipinski definition) is 3. The van der Waals surface area contributed by atoms with Crippen molar-refractivity contribution in [2.75, 3.05) is 6.61 Å². The zero-order valence-corrected chi connectivity index (χ0v) is 19.1. The Morgan fingerprint density at radius 3 is 2.75 bits per heavy atom. The summed E-state index contributed by atoms with van der Waals surface area (Å²) in [6, 6.07) is 0. The Hall–Kier alpha value is 2.28. The van der Waals surface area contributed by atoms with Gasteiger partial charge < -0.3 is 0 Å². The predicted molar refractivity (Wildman–Crippen MR) is 40.8 cm³/mol. The minimum absolute atomic E-state index is 0.419. The van der Waals surface area contributed by atoms with Gasteiger partial charge in [0.25, 0.3) is 0 Å². The molecule has 50 valence electrons. The summed E-state index contributed by atoms with van der Waals surface area (Å²) in [5, 5.41) is 0. The summed E-state index contributed by atoms with van der Waals surface area (Å²) in [7, 11) is 0. The molecule has 0 saturated heterocycles. The molecule has 6 heteroatoms. The van der Waals surface area contributed by atoms with Gasteiger partial charge in [0.05, 0.1) is 0 Å². The Labute approximate surface area is 85.1 Å². The molecule has 0 aliphatic rings. The standard InChI is InChI=1S/C2H5O.2O.3Sn.7H/c1-2-3;;;;;;;;;;;;/h2H2,1H3;;;;;;;;;;;;/q-1;;;;;+1;;;;;;;. The summed E-state index contributed by atoms with van der Waals surface area (Å²) in [5.41, 5.74) is 0. The van der Waals surface area contributed by atoms with Crippen LogP contribution in [0.2, 0.25) is 0 Å². The molecule has 0 atom stereocenters. The van der Waals surface area contributed by atoms with Crippen LogP contribution in [0.5, 0.6) is 0 Å².